The van der Waals surface area contributed by atoms with Crippen LogP contribution in [0.4, 0.5) is 0 Å². The van der Waals surface area contributed by atoms with Crippen LogP contribution in [0.25, 0.3) is 0 Å². The fourth-order valence-electron chi connectivity index (χ4n) is 3.93. The average Bonchev–Trinajstić information content (AvgIpc) is 2.93. The minimum Gasteiger partial charge on any atom is -0.493 e. The number of halogens is 1. The Morgan fingerprint density at radius 3 is 2.30 bits per heavy atom. The molecular formula is C22H28ClNO3. The molecule has 0 N–H and O–H groups in total. The van der Waals surface area contributed by atoms with Crippen LogP contribution in [0.3, 0.4) is 0 Å². The van der Waals surface area contributed by atoms with Crippen LogP contribution in [-0.2, 0) is 6.54 Å². The predicted molar refractivity (Wildman–Crippen MR) is 109 cm³/mol. The van der Waals surface area contributed by atoms with Gasteiger partial charge in [-0.2, -0.15) is 0 Å². The molecule has 0 saturated carbocycles. The van der Waals surface area contributed by atoms with E-state index in [0.717, 1.165) is 35.8 Å². The van der Waals surface area contributed by atoms with Crippen LogP contribution in [0, 0.1) is 0 Å². The molecular weight excluding hydrogens is 362 g/mol. The lowest BCUT2D eigenvalue weighted by Crippen LogP contribution is -2.28. The summed E-state index contributed by atoms with van der Waals surface area (Å²) in [4.78, 5) is 2.54. The SMILES string of the molecule is COc1ccc(CN2CCCCCC2c2ccc(Cl)cc2)c(OC)c1OC. The summed E-state index contributed by atoms with van der Waals surface area (Å²) >= 11 is 6.09. The summed E-state index contributed by atoms with van der Waals surface area (Å²) in [7, 11) is 4.97. The minimum absolute atomic E-state index is 0.377. The van der Waals surface area contributed by atoms with E-state index in [-0.39, 0.29) is 0 Å². The molecule has 1 fully saturated rings. The topological polar surface area (TPSA) is 30.9 Å². The number of hydrogen-bond donors (Lipinski definition) is 0. The maximum absolute atomic E-state index is 6.09. The van der Waals surface area contributed by atoms with E-state index in [1.807, 2.05) is 18.2 Å². The summed E-state index contributed by atoms with van der Waals surface area (Å²) in [6.07, 6.45) is 4.87. The molecule has 3 rings (SSSR count). The molecule has 5 heteroatoms. The van der Waals surface area contributed by atoms with Crippen molar-refractivity contribution in [2.45, 2.75) is 38.3 Å². The van der Waals surface area contributed by atoms with Gasteiger partial charge in [-0.1, -0.05) is 42.6 Å². The second kappa shape index (κ2) is 9.34. The number of ether oxygens (including phenoxy) is 3. The first kappa shape index (κ1) is 19.8. The molecule has 0 radical (unpaired) electrons. The van der Waals surface area contributed by atoms with Gasteiger partial charge in [0.1, 0.15) is 0 Å². The molecule has 0 aromatic heterocycles. The molecule has 146 valence electrons. The third-order valence-corrected chi connectivity index (χ3v) is 5.53. The third-order valence-electron chi connectivity index (χ3n) is 5.28. The molecule has 0 amide bonds. The van der Waals surface area contributed by atoms with Crippen LogP contribution in [0.2, 0.25) is 5.02 Å². The second-order valence-electron chi connectivity index (χ2n) is 6.88. The largest absolute Gasteiger partial charge is 0.493 e. The van der Waals surface area contributed by atoms with Crippen LogP contribution in [0.15, 0.2) is 36.4 Å². The number of nitrogens with zero attached hydrogens (tertiary/aromatic N) is 1. The van der Waals surface area contributed by atoms with Gasteiger partial charge in [0.2, 0.25) is 5.75 Å². The van der Waals surface area contributed by atoms with Crippen molar-refractivity contribution in [2.24, 2.45) is 0 Å². The summed E-state index contributed by atoms with van der Waals surface area (Å²) < 4.78 is 16.7. The second-order valence-corrected chi connectivity index (χ2v) is 7.32. The van der Waals surface area contributed by atoms with Crippen LogP contribution in [0.1, 0.15) is 42.9 Å². The lowest BCUT2D eigenvalue weighted by atomic mass is 10.00. The Labute approximate surface area is 167 Å². The lowest BCUT2D eigenvalue weighted by molar-refractivity contribution is 0.189. The lowest BCUT2D eigenvalue weighted by Gasteiger charge is -2.31. The normalized spacial score (nSPS) is 18.0. The van der Waals surface area contributed by atoms with Crippen LogP contribution in [0.5, 0.6) is 17.2 Å². The number of likely N-dealkylation sites (tertiary alicyclic amines) is 1. The van der Waals surface area contributed by atoms with E-state index in [2.05, 4.69) is 23.1 Å². The van der Waals surface area contributed by atoms with Crippen molar-refractivity contribution in [3.63, 3.8) is 0 Å². The van der Waals surface area contributed by atoms with Gasteiger partial charge >= 0.3 is 0 Å². The van der Waals surface area contributed by atoms with Gasteiger partial charge in [0.15, 0.2) is 11.5 Å². The molecule has 1 atom stereocenters. The highest BCUT2D eigenvalue weighted by molar-refractivity contribution is 6.30. The Bertz CT molecular complexity index is 748. The van der Waals surface area contributed by atoms with Crippen molar-refractivity contribution in [1.82, 2.24) is 4.90 Å². The van der Waals surface area contributed by atoms with E-state index in [4.69, 9.17) is 25.8 Å². The van der Waals surface area contributed by atoms with Crippen molar-refractivity contribution in [1.29, 1.82) is 0 Å². The number of hydrogen-bond acceptors (Lipinski definition) is 4. The molecule has 2 aromatic carbocycles. The maximum Gasteiger partial charge on any atom is 0.203 e. The van der Waals surface area contributed by atoms with Crippen LogP contribution < -0.4 is 14.2 Å². The van der Waals surface area contributed by atoms with Gasteiger partial charge in [0, 0.05) is 23.2 Å². The van der Waals surface area contributed by atoms with Crippen LogP contribution in [-0.4, -0.2) is 32.8 Å². The fraction of sp³-hybridized carbons (Fsp3) is 0.455. The van der Waals surface area contributed by atoms with Crippen LogP contribution >= 0.6 is 11.6 Å². The van der Waals surface area contributed by atoms with Crippen molar-refractivity contribution in [2.75, 3.05) is 27.9 Å². The number of methoxy groups -OCH3 is 3. The maximum atomic E-state index is 6.09. The monoisotopic (exact) mass is 389 g/mol. The average molecular weight is 390 g/mol. The van der Waals surface area contributed by atoms with Gasteiger partial charge in [0.05, 0.1) is 21.3 Å². The van der Waals surface area contributed by atoms with Gasteiger partial charge in [-0.3, -0.25) is 4.90 Å². The summed E-state index contributed by atoms with van der Waals surface area (Å²) in [5.74, 6) is 2.08. The zero-order valence-corrected chi connectivity index (χ0v) is 17.1. The summed E-state index contributed by atoms with van der Waals surface area (Å²) in [6, 6.07) is 12.7. The van der Waals surface area contributed by atoms with Gasteiger partial charge in [0.25, 0.3) is 0 Å². The molecule has 0 aliphatic carbocycles. The Morgan fingerprint density at radius 2 is 1.63 bits per heavy atom. The van der Waals surface area contributed by atoms with E-state index in [9.17, 15) is 0 Å². The van der Waals surface area contributed by atoms with Gasteiger partial charge in [-0.25, -0.2) is 0 Å². The number of rotatable bonds is 6. The third kappa shape index (κ3) is 4.50. The Balaban J connectivity index is 1.92. The minimum atomic E-state index is 0.377. The predicted octanol–water partition coefficient (Wildman–Crippen LogP) is 5.48. The highest BCUT2D eigenvalue weighted by atomic mass is 35.5. The molecule has 1 aliphatic rings. The first-order valence-corrected chi connectivity index (χ1v) is 9.83. The highest BCUT2D eigenvalue weighted by Gasteiger charge is 2.25. The Morgan fingerprint density at radius 1 is 0.889 bits per heavy atom. The van der Waals surface area contributed by atoms with Crippen molar-refractivity contribution >= 4 is 11.6 Å². The van der Waals surface area contributed by atoms with Gasteiger partial charge < -0.3 is 14.2 Å². The molecule has 4 nitrogen and oxygen atoms in total. The zero-order chi connectivity index (χ0) is 19.2. The molecule has 1 aliphatic heterocycles. The van der Waals surface area contributed by atoms with Crippen molar-refractivity contribution < 1.29 is 14.2 Å². The first-order valence-electron chi connectivity index (χ1n) is 9.45. The molecule has 2 aromatic rings. The fourth-order valence-corrected chi connectivity index (χ4v) is 4.05. The molecule has 1 heterocycles. The molecule has 0 bridgehead atoms. The zero-order valence-electron chi connectivity index (χ0n) is 16.3. The van der Waals surface area contributed by atoms with E-state index in [1.54, 1.807) is 21.3 Å². The Hall–Kier alpha value is -1.91. The quantitative estimate of drug-likeness (QED) is 0.654. The van der Waals surface area contributed by atoms with E-state index >= 15 is 0 Å². The summed E-state index contributed by atoms with van der Waals surface area (Å²) in [5, 5.41) is 0.778. The van der Waals surface area contributed by atoms with Gasteiger partial charge in [-0.15, -0.1) is 0 Å². The van der Waals surface area contributed by atoms with E-state index < -0.39 is 0 Å². The summed E-state index contributed by atoms with van der Waals surface area (Å²) in [5.41, 5.74) is 2.43. The van der Waals surface area contributed by atoms with E-state index in [0.29, 0.717) is 17.5 Å². The van der Waals surface area contributed by atoms with Crippen molar-refractivity contribution in [3.8, 4) is 17.2 Å². The molecule has 1 saturated heterocycles. The smallest absolute Gasteiger partial charge is 0.203 e. The molecule has 1 unspecified atom stereocenters. The number of benzene rings is 2. The summed E-state index contributed by atoms with van der Waals surface area (Å²) in [6.45, 7) is 1.86. The standard InChI is InChI=1S/C22H28ClNO3/c1-25-20-13-10-17(21(26-2)22(20)27-3)15-24-14-6-4-5-7-19(24)16-8-11-18(23)12-9-16/h8-13,19H,4-7,14-15H2,1-3H3. The Kier molecular flexibility index (Phi) is 6.86. The van der Waals surface area contributed by atoms with Gasteiger partial charge in [-0.05, 0) is 43.1 Å². The highest BCUT2D eigenvalue weighted by Crippen LogP contribution is 2.41. The van der Waals surface area contributed by atoms with Crippen molar-refractivity contribution in [3.05, 3.63) is 52.5 Å². The first-order chi connectivity index (χ1) is 13.2. The van der Waals surface area contributed by atoms with E-state index in [1.165, 1.54) is 24.8 Å². The molecule has 27 heavy (non-hydrogen) atoms. The molecule has 0 spiro atoms.